The summed E-state index contributed by atoms with van der Waals surface area (Å²) < 4.78 is 26.3. The molecule has 0 bridgehead atoms. The van der Waals surface area contributed by atoms with Gasteiger partial charge in [0.25, 0.3) is 0 Å². The van der Waals surface area contributed by atoms with Gasteiger partial charge in [0.1, 0.15) is 30.0 Å². The molecule has 0 amide bonds. The van der Waals surface area contributed by atoms with Gasteiger partial charge in [-0.25, -0.2) is 9.37 Å². The van der Waals surface area contributed by atoms with E-state index in [2.05, 4.69) is 14.8 Å². The zero-order chi connectivity index (χ0) is 22.7. The van der Waals surface area contributed by atoms with Crippen molar-refractivity contribution >= 4 is 33.2 Å². The fraction of sp³-hybridized carbons (Fsp3) is 0.435. The first kappa shape index (κ1) is 23.2. The van der Waals surface area contributed by atoms with Crippen LogP contribution in [0.5, 0.6) is 11.5 Å². The van der Waals surface area contributed by atoms with Crippen LogP contribution >= 0.6 is 22.9 Å². The molecule has 2 heterocycles. The number of halogens is 2. The minimum absolute atomic E-state index is 0.0596. The number of hydrogen-bond donors (Lipinski definition) is 1. The second kappa shape index (κ2) is 10.3. The van der Waals surface area contributed by atoms with Gasteiger partial charge in [-0.3, -0.25) is 9.80 Å². The molecule has 0 spiro atoms. The summed E-state index contributed by atoms with van der Waals surface area (Å²) in [5.41, 5.74) is 0.918. The Bertz CT molecular complexity index is 1060. The highest BCUT2D eigenvalue weighted by atomic mass is 35.5. The third-order valence-electron chi connectivity index (χ3n) is 5.47. The van der Waals surface area contributed by atoms with Gasteiger partial charge < -0.3 is 14.6 Å². The molecule has 1 fully saturated rings. The summed E-state index contributed by atoms with van der Waals surface area (Å²) in [4.78, 5) is 8.99. The maximum Gasteiger partial charge on any atom is 0.178 e. The Morgan fingerprint density at radius 1 is 1.16 bits per heavy atom. The molecule has 172 valence electrons. The van der Waals surface area contributed by atoms with Gasteiger partial charge in [-0.2, -0.15) is 0 Å². The molecule has 1 aromatic heterocycles. The van der Waals surface area contributed by atoms with E-state index in [9.17, 15) is 9.50 Å². The van der Waals surface area contributed by atoms with E-state index in [1.54, 1.807) is 24.3 Å². The molecule has 1 aliphatic rings. The fourth-order valence-corrected chi connectivity index (χ4v) is 4.79. The highest BCUT2D eigenvalue weighted by molar-refractivity contribution is 7.18. The Hall–Kier alpha value is -1.97. The Morgan fingerprint density at radius 2 is 1.91 bits per heavy atom. The molecule has 2 aromatic carbocycles. The van der Waals surface area contributed by atoms with Crippen molar-refractivity contribution in [2.24, 2.45) is 0 Å². The summed E-state index contributed by atoms with van der Waals surface area (Å²) in [5, 5.41) is 11.4. The average Bonchev–Trinajstić information content (AvgIpc) is 3.14. The molecule has 1 N–H and O–H groups in total. The zero-order valence-corrected chi connectivity index (χ0v) is 19.7. The molecule has 3 aromatic rings. The zero-order valence-electron chi connectivity index (χ0n) is 18.1. The Kier molecular flexibility index (Phi) is 7.48. The Morgan fingerprint density at radius 3 is 2.62 bits per heavy atom. The van der Waals surface area contributed by atoms with Gasteiger partial charge in [-0.15, -0.1) is 11.3 Å². The molecule has 4 rings (SSSR count). The summed E-state index contributed by atoms with van der Waals surface area (Å²) in [7, 11) is 0. The van der Waals surface area contributed by atoms with Crippen LogP contribution in [0.1, 0.15) is 11.9 Å². The number of rotatable bonds is 8. The molecule has 2 atom stereocenters. The van der Waals surface area contributed by atoms with E-state index in [4.69, 9.17) is 21.1 Å². The topological polar surface area (TPSA) is 58.1 Å². The van der Waals surface area contributed by atoms with Crippen LogP contribution in [0.25, 0.3) is 10.2 Å². The summed E-state index contributed by atoms with van der Waals surface area (Å²) >= 11 is 7.45. The highest BCUT2D eigenvalue weighted by Crippen LogP contribution is 2.27. The lowest BCUT2D eigenvalue weighted by Gasteiger charge is -2.40. The number of ether oxygens (including phenoxy) is 2. The molecule has 6 nitrogen and oxygen atoms in total. The lowest BCUT2D eigenvalue weighted by molar-refractivity contribution is -0.0749. The quantitative estimate of drug-likeness (QED) is 0.523. The summed E-state index contributed by atoms with van der Waals surface area (Å²) in [6, 6.07) is 10.3. The van der Waals surface area contributed by atoms with Crippen molar-refractivity contribution in [2.75, 3.05) is 39.3 Å². The van der Waals surface area contributed by atoms with Gasteiger partial charge in [0.2, 0.25) is 0 Å². The molecular weight excluding hydrogens is 453 g/mol. The van der Waals surface area contributed by atoms with Crippen LogP contribution in [0.4, 0.5) is 4.39 Å². The molecule has 0 radical (unpaired) electrons. The molecule has 1 aliphatic heterocycles. The molecule has 0 aliphatic carbocycles. The maximum absolute atomic E-state index is 13.2. The number of nitrogens with zero attached hydrogens (tertiary/aromatic N) is 3. The number of aliphatic hydroxyl groups is 1. The number of benzene rings is 2. The van der Waals surface area contributed by atoms with Crippen LogP contribution < -0.4 is 9.47 Å². The van der Waals surface area contributed by atoms with Crippen molar-refractivity contribution in [2.45, 2.75) is 26.2 Å². The third kappa shape index (κ3) is 5.68. The average molecular weight is 480 g/mol. The van der Waals surface area contributed by atoms with E-state index in [1.165, 1.54) is 12.1 Å². The van der Waals surface area contributed by atoms with Gasteiger partial charge in [0, 0.05) is 44.9 Å². The molecule has 32 heavy (non-hydrogen) atoms. The van der Waals surface area contributed by atoms with Crippen LogP contribution in [0.3, 0.4) is 0 Å². The summed E-state index contributed by atoms with van der Waals surface area (Å²) in [6.07, 6.45) is -1.06. The first-order valence-electron chi connectivity index (χ1n) is 10.7. The van der Waals surface area contributed by atoms with E-state index in [0.29, 0.717) is 18.1 Å². The summed E-state index contributed by atoms with van der Waals surface area (Å²) in [5.74, 6) is 0.819. The molecule has 0 saturated carbocycles. The Labute approximate surface area is 196 Å². The van der Waals surface area contributed by atoms with Gasteiger partial charge in [0.15, 0.2) is 6.23 Å². The molecule has 1 saturated heterocycles. The largest absolute Gasteiger partial charge is 0.492 e. The predicted octanol–water partition coefficient (Wildman–Crippen LogP) is 4.18. The van der Waals surface area contributed by atoms with Crippen molar-refractivity contribution in [1.29, 1.82) is 0 Å². The van der Waals surface area contributed by atoms with E-state index in [1.807, 2.05) is 25.1 Å². The number of hydrogen-bond acceptors (Lipinski definition) is 7. The maximum atomic E-state index is 13.2. The van der Waals surface area contributed by atoms with Gasteiger partial charge >= 0.3 is 0 Å². The number of aliphatic hydroxyl groups excluding tert-OH is 1. The van der Waals surface area contributed by atoms with E-state index < -0.39 is 18.1 Å². The second-order valence-electron chi connectivity index (χ2n) is 7.91. The number of fused-ring (bicyclic) bond motifs is 1. The van der Waals surface area contributed by atoms with Gasteiger partial charge in [-0.05, 0) is 38.1 Å². The highest BCUT2D eigenvalue weighted by Gasteiger charge is 2.28. The standard InChI is InChI=1S/C23H27ClFN3O3S/c1-15(29)23(31-18-4-6-22-21(14-18)26-16(2)32-22)28-9-7-27(8-10-28)11-12-30-17-3-5-20(25)19(24)13-17/h3-6,13-15,23,29H,7-12H2,1-2H3/t15-,23?/m1/s1. The van der Waals surface area contributed by atoms with E-state index in [0.717, 1.165) is 47.9 Å². The summed E-state index contributed by atoms with van der Waals surface area (Å²) in [6.45, 7) is 8.21. The number of thiazole rings is 1. The van der Waals surface area contributed by atoms with E-state index in [-0.39, 0.29) is 5.02 Å². The van der Waals surface area contributed by atoms with Crippen molar-refractivity contribution < 1.29 is 19.0 Å². The molecule has 9 heteroatoms. The lowest BCUT2D eigenvalue weighted by Crippen LogP contribution is -2.55. The predicted molar refractivity (Wildman–Crippen MR) is 125 cm³/mol. The lowest BCUT2D eigenvalue weighted by atomic mass is 10.2. The van der Waals surface area contributed by atoms with Crippen LogP contribution in [-0.2, 0) is 0 Å². The van der Waals surface area contributed by atoms with Crippen LogP contribution in [0, 0.1) is 12.7 Å². The van der Waals surface area contributed by atoms with Crippen molar-refractivity contribution in [1.82, 2.24) is 14.8 Å². The molecule has 1 unspecified atom stereocenters. The van der Waals surface area contributed by atoms with Crippen LogP contribution in [0.15, 0.2) is 36.4 Å². The minimum Gasteiger partial charge on any atom is -0.492 e. The number of aryl methyl sites for hydroxylation is 1. The van der Waals surface area contributed by atoms with Crippen LogP contribution in [0.2, 0.25) is 5.02 Å². The van der Waals surface area contributed by atoms with Crippen molar-refractivity contribution in [3.05, 3.63) is 52.2 Å². The monoisotopic (exact) mass is 479 g/mol. The van der Waals surface area contributed by atoms with Crippen molar-refractivity contribution in [3.8, 4) is 11.5 Å². The Balaban J connectivity index is 1.28. The van der Waals surface area contributed by atoms with Gasteiger partial charge in [-0.1, -0.05) is 11.6 Å². The normalized spacial score (nSPS) is 17.4. The first-order valence-corrected chi connectivity index (χ1v) is 11.8. The minimum atomic E-state index is -0.638. The van der Waals surface area contributed by atoms with Crippen LogP contribution in [-0.4, -0.2) is 71.6 Å². The number of piperazine rings is 1. The number of aromatic nitrogens is 1. The SMILES string of the molecule is Cc1nc2cc(OC([C@@H](C)O)N3CCN(CCOc4ccc(F)c(Cl)c4)CC3)ccc2s1. The van der Waals surface area contributed by atoms with Crippen molar-refractivity contribution in [3.63, 3.8) is 0 Å². The smallest absolute Gasteiger partial charge is 0.178 e. The fourth-order valence-electron chi connectivity index (χ4n) is 3.81. The molecular formula is C23H27ClFN3O3S. The second-order valence-corrected chi connectivity index (χ2v) is 9.56. The van der Waals surface area contributed by atoms with E-state index >= 15 is 0 Å². The third-order valence-corrected chi connectivity index (χ3v) is 6.71. The first-order chi connectivity index (χ1) is 15.4. The van der Waals surface area contributed by atoms with Gasteiger partial charge in [0.05, 0.1) is 20.2 Å².